The van der Waals surface area contributed by atoms with E-state index in [0.717, 1.165) is 5.56 Å². The van der Waals surface area contributed by atoms with E-state index in [1.54, 1.807) is 37.3 Å². The number of halogens is 2. The smallest absolute Gasteiger partial charge is 0.271 e. The summed E-state index contributed by atoms with van der Waals surface area (Å²) in [6.45, 7) is 3.58. The first-order valence-corrected chi connectivity index (χ1v) is 9.69. The highest BCUT2D eigenvalue weighted by molar-refractivity contribution is 8.00. The number of amides is 1. The Labute approximate surface area is 170 Å². The van der Waals surface area contributed by atoms with Gasteiger partial charge in [-0.15, -0.1) is 0 Å². The molecule has 1 amide bonds. The Morgan fingerprint density at radius 1 is 1.21 bits per heavy atom. The summed E-state index contributed by atoms with van der Waals surface area (Å²) in [6, 6.07) is 13.9. The number of hydrogen-bond donors (Lipinski definition) is 1. The number of aryl methyl sites for hydroxylation is 1. The maximum atomic E-state index is 13.3. The monoisotopic (exact) mass is 417 g/mol. The van der Waals surface area contributed by atoms with Gasteiger partial charge in [0, 0.05) is 16.8 Å². The Bertz CT molecular complexity index is 1090. The van der Waals surface area contributed by atoms with Gasteiger partial charge in [-0.25, -0.2) is 4.39 Å². The number of rotatable bonds is 5. The predicted molar refractivity (Wildman–Crippen MR) is 110 cm³/mol. The van der Waals surface area contributed by atoms with E-state index in [-0.39, 0.29) is 11.5 Å². The number of nitrogens with zero attached hydrogens (tertiary/aromatic N) is 2. The predicted octanol–water partition coefficient (Wildman–Crippen LogP) is 4.45. The molecule has 0 fully saturated rings. The van der Waals surface area contributed by atoms with Crippen molar-refractivity contribution >= 4 is 35.0 Å². The average Bonchev–Trinajstić information content (AvgIpc) is 2.65. The number of thioether (sulfide) groups is 1. The molecular formula is C20H17ClFN3O2S. The van der Waals surface area contributed by atoms with Crippen LogP contribution in [0.2, 0.25) is 5.02 Å². The van der Waals surface area contributed by atoms with Crippen molar-refractivity contribution in [2.24, 2.45) is 0 Å². The van der Waals surface area contributed by atoms with Gasteiger partial charge in [-0.05, 0) is 55.8 Å². The fraction of sp³-hybridized carbons (Fsp3) is 0.150. The summed E-state index contributed by atoms with van der Waals surface area (Å²) >= 11 is 7.33. The van der Waals surface area contributed by atoms with Crippen molar-refractivity contribution in [3.05, 3.63) is 81.4 Å². The Morgan fingerprint density at radius 3 is 2.71 bits per heavy atom. The van der Waals surface area contributed by atoms with Crippen LogP contribution in [0.5, 0.6) is 0 Å². The van der Waals surface area contributed by atoms with Gasteiger partial charge in [-0.1, -0.05) is 35.5 Å². The van der Waals surface area contributed by atoms with Crippen molar-refractivity contribution < 1.29 is 9.18 Å². The van der Waals surface area contributed by atoms with Gasteiger partial charge in [0.25, 0.3) is 5.56 Å². The Morgan fingerprint density at radius 2 is 2.00 bits per heavy atom. The van der Waals surface area contributed by atoms with Crippen LogP contribution in [0.15, 0.2) is 64.4 Å². The van der Waals surface area contributed by atoms with Crippen molar-refractivity contribution in [3.8, 4) is 5.69 Å². The van der Waals surface area contributed by atoms with Crippen LogP contribution in [0.25, 0.3) is 5.69 Å². The van der Waals surface area contributed by atoms with Crippen LogP contribution < -0.4 is 10.9 Å². The van der Waals surface area contributed by atoms with Crippen LogP contribution in [0.4, 0.5) is 10.1 Å². The van der Waals surface area contributed by atoms with Crippen molar-refractivity contribution in [1.82, 2.24) is 9.78 Å². The minimum absolute atomic E-state index is 0.298. The lowest BCUT2D eigenvalue weighted by molar-refractivity contribution is -0.115. The number of nitrogens with one attached hydrogen (secondary N) is 1. The van der Waals surface area contributed by atoms with E-state index in [2.05, 4.69) is 10.4 Å². The third kappa shape index (κ3) is 4.79. The molecule has 144 valence electrons. The molecule has 0 unspecified atom stereocenters. The molecule has 1 atom stereocenters. The summed E-state index contributed by atoms with van der Waals surface area (Å²) in [7, 11) is 0. The lowest BCUT2D eigenvalue weighted by Crippen LogP contribution is -2.24. The molecule has 1 aromatic heterocycles. The fourth-order valence-corrected chi connectivity index (χ4v) is 3.38. The fourth-order valence-electron chi connectivity index (χ4n) is 2.40. The molecule has 1 N–H and O–H groups in total. The number of carbonyl (C=O) groups excluding carboxylic acids is 1. The summed E-state index contributed by atoms with van der Waals surface area (Å²) in [6.07, 6.45) is 0. The molecule has 2 aromatic carbocycles. The van der Waals surface area contributed by atoms with E-state index in [9.17, 15) is 14.0 Å². The standard InChI is InChI=1S/C20H17ClFN3O2S/c1-12-6-7-16(11-17(12)21)25-19(26)9-8-18(24-25)28-13(2)20(27)23-15-5-3-4-14(22)10-15/h3-11,13H,1-2H3,(H,23,27)/t13-/m0/s1. The molecule has 3 aromatic rings. The van der Waals surface area contributed by atoms with Gasteiger partial charge in [0.1, 0.15) is 10.8 Å². The van der Waals surface area contributed by atoms with Gasteiger partial charge in [-0.2, -0.15) is 9.78 Å². The normalized spacial score (nSPS) is 11.9. The van der Waals surface area contributed by atoms with E-state index in [1.807, 2.05) is 6.92 Å². The van der Waals surface area contributed by atoms with Gasteiger partial charge in [0.05, 0.1) is 10.9 Å². The zero-order valence-electron chi connectivity index (χ0n) is 15.1. The van der Waals surface area contributed by atoms with Crippen molar-refractivity contribution in [1.29, 1.82) is 0 Å². The second-order valence-electron chi connectivity index (χ2n) is 6.11. The van der Waals surface area contributed by atoms with Crippen LogP contribution in [0.1, 0.15) is 12.5 Å². The maximum Gasteiger partial charge on any atom is 0.271 e. The highest BCUT2D eigenvalue weighted by Gasteiger charge is 2.16. The summed E-state index contributed by atoms with van der Waals surface area (Å²) in [4.78, 5) is 24.6. The van der Waals surface area contributed by atoms with Gasteiger partial charge in [0.15, 0.2) is 0 Å². The zero-order chi connectivity index (χ0) is 20.3. The lowest BCUT2D eigenvalue weighted by atomic mass is 10.2. The van der Waals surface area contributed by atoms with Gasteiger partial charge in [-0.3, -0.25) is 9.59 Å². The molecule has 8 heteroatoms. The van der Waals surface area contributed by atoms with Crippen LogP contribution in [0.3, 0.4) is 0 Å². The highest BCUT2D eigenvalue weighted by atomic mass is 35.5. The maximum absolute atomic E-state index is 13.3. The number of hydrogen-bond acceptors (Lipinski definition) is 4. The van der Waals surface area contributed by atoms with Crippen molar-refractivity contribution in [3.63, 3.8) is 0 Å². The van der Waals surface area contributed by atoms with Crippen molar-refractivity contribution in [2.75, 3.05) is 5.32 Å². The molecule has 0 bridgehead atoms. The summed E-state index contributed by atoms with van der Waals surface area (Å²) < 4.78 is 14.5. The minimum atomic E-state index is -0.511. The molecule has 0 aliphatic carbocycles. The number of benzene rings is 2. The Balaban J connectivity index is 1.77. The van der Waals surface area contributed by atoms with E-state index in [4.69, 9.17) is 11.6 Å². The first-order chi connectivity index (χ1) is 13.3. The summed E-state index contributed by atoms with van der Waals surface area (Å²) in [5, 5.41) is 7.51. The quantitative estimate of drug-likeness (QED) is 0.623. The molecule has 5 nitrogen and oxygen atoms in total. The molecule has 0 radical (unpaired) electrons. The van der Waals surface area contributed by atoms with E-state index in [0.29, 0.717) is 21.4 Å². The molecular weight excluding hydrogens is 401 g/mol. The summed E-state index contributed by atoms with van der Waals surface area (Å²) in [5.41, 5.74) is 1.51. The Hall–Kier alpha value is -2.64. The molecule has 1 heterocycles. The Kier molecular flexibility index (Phi) is 6.16. The SMILES string of the molecule is Cc1ccc(-n2nc(S[C@@H](C)C(=O)Nc3cccc(F)c3)ccc2=O)cc1Cl. The molecule has 0 saturated carbocycles. The third-order valence-electron chi connectivity index (χ3n) is 3.93. The van der Waals surface area contributed by atoms with Crippen LogP contribution in [0, 0.1) is 12.7 Å². The second-order valence-corrected chi connectivity index (χ2v) is 7.88. The van der Waals surface area contributed by atoms with Crippen LogP contribution in [-0.4, -0.2) is 20.9 Å². The molecule has 0 spiro atoms. The van der Waals surface area contributed by atoms with Crippen LogP contribution >= 0.6 is 23.4 Å². The van der Waals surface area contributed by atoms with Gasteiger partial charge in [0.2, 0.25) is 5.91 Å². The minimum Gasteiger partial charge on any atom is -0.325 e. The van der Waals surface area contributed by atoms with E-state index < -0.39 is 11.1 Å². The molecule has 0 aliphatic rings. The number of aromatic nitrogens is 2. The second kappa shape index (κ2) is 8.58. The summed E-state index contributed by atoms with van der Waals surface area (Å²) in [5.74, 6) is -0.725. The first kappa shape index (κ1) is 20.1. The van der Waals surface area contributed by atoms with Gasteiger partial charge < -0.3 is 5.32 Å². The number of anilines is 1. The van der Waals surface area contributed by atoms with E-state index in [1.165, 1.54) is 40.7 Å². The van der Waals surface area contributed by atoms with Crippen molar-refractivity contribution in [2.45, 2.75) is 24.1 Å². The molecule has 3 rings (SSSR count). The lowest BCUT2D eigenvalue weighted by Gasteiger charge is -2.13. The third-order valence-corrected chi connectivity index (χ3v) is 5.37. The first-order valence-electron chi connectivity index (χ1n) is 8.43. The zero-order valence-corrected chi connectivity index (χ0v) is 16.7. The molecule has 0 saturated heterocycles. The molecule has 28 heavy (non-hydrogen) atoms. The topological polar surface area (TPSA) is 64.0 Å². The van der Waals surface area contributed by atoms with Crippen LogP contribution in [-0.2, 0) is 4.79 Å². The number of carbonyl (C=O) groups is 1. The van der Waals surface area contributed by atoms with E-state index >= 15 is 0 Å². The average molecular weight is 418 g/mol. The highest BCUT2D eigenvalue weighted by Crippen LogP contribution is 2.23. The largest absolute Gasteiger partial charge is 0.325 e. The van der Waals surface area contributed by atoms with Gasteiger partial charge >= 0.3 is 0 Å². The molecule has 0 aliphatic heterocycles.